The number of aliphatic hydroxyl groups excluding tert-OH is 1. The quantitative estimate of drug-likeness (QED) is 0.643. The van der Waals surface area contributed by atoms with Crippen LogP contribution in [0.2, 0.25) is 0 Å². The third kappa shape index (κ3) is 2.74. The van der Waals surface area contributed by atoms with E-state index in [1.807, 2.05) is 0 Å². The fourth-order valence-corrected chi connectivity index (χ4v) is 3.44. The second-order valence-electron chi connectivity index (χ2n) is 5.60. The summed E-state index contributed by atoms with van der Waals surface area (Å²) >= 11 is 1.38. The molecule has 104 valence electrons. The van der Waals surface area contributed by atoms with Gasteiger partial charge in [-0.1, -0.05) is 0 Å². The number of aliphatic hydroxyl groups is 1. The zero-order valence-corrected chi connectivity index (χ0v) is 11.7. The molecule has 19 heavy (non-hydrogen) atoms. The Hall–Kier alpha value is -1.14. The van der Waals surface area contributed by atoms with E-state index in [4.69, 9.17) is 0 Å². The van der Waals surface area contributed by atoms with E-state index in [9.17, 15) is 15.2 Å². The molecular formula is C13H18N2O3S. The van der Waals surface area contributed by atoms with Crippen LogP contribution < -0.4 is 4.90 Å². The second kappa shape index (κ2) is 4.76. The molecule has 0 aliphatic heterocycles. The van der Waals surface area contributed by atoms with Crippen molar-refractivity contribution in [1.82, 2.24) is 0 Å². The van der Waals surface area contributed by atoms with Crippen molar-refractivity contribution in [3.05, 3.63) is 21.1 Å². The maximum Gasteiger partial charge on any atom is 0.304 e. The lowest BCUT2D eigenvalue weighted by Gasteiger charge is -2.22. The summed E-state index contributed by atoms with van der Waals surface area (Å²) in [7, 11) is 0. The van der Waals surface area contributed by atoms with Crippen LogP contribution in [0.25, 0.3) is 0 Å². The smallest absolute Gasteiger partial charge is 0.304 e. The highest BCUT2D eigenvalue weighted by molar-refractivity contribution is 7.16. The first kappa shape index (κ1) is 12.9. The van der Waals surface area contributed by atoms with Crippen LogP contribution >= 0.6 is 11.3 Å². The van der Waals surface area contributed by atoms with Gasteiger partial charge in [0, 0.05) is 23.5 Å². The fraction of sp³-hybridized carbons (Fsp3) is 0.692. The highest BCUT2D eigenvalue weighted by atomic mass is 32.1. The van der Waals surface area contributed by atoms with Crippen molar-refractivity contribution in [3.8, 4) is 0 Å². The van der Waals surface area contributed by atoms with E-state index in [1.165, 1.54) is 30.2 Å². The Morgan fingerprint density at radius 3 is 2.68 bits per heavy atom. The average Bonchev–Trinajstić information content (AvgIpc) is 3.23. The Labute approximate surface area is 116 Å². The van der Waals surface area contributed by atoms with Crippen LogP contribution in [0, 0.1) is 16.0 Å². The van der Waals surface area contributed by atoms with Gasteiger partial charge in [0.25, 0.3) is 0 Å². The van der Waals surface area contributed by atoms with E-state index in [0.29, 0.717) is 16.8 Å². The highest BCUT2D eigenvalue weighted by Gasteiger charge is 2.38. The minimum absolute atomic E-state index is 0.161. The Morgan fingerprint density at radius 2 is 2.21 bits per heavy atom. The normalized spacial score (nSPS) is 20.3. The van der Waals surface area contributed by atoms with E-state index in [1.54, 1.807) is 6.92 Å². The molecule has 0 spiro atoms. The van der Waals surface area contributed by atoms with Gasteiger partial charge >= 0.3 is 5.69 Å². The summed E-state index contributed by atoms with van der Waals surface area (Å²) < 4.78 is 0. The second-order valence-corrected chi connectivity index (χ2v) is 6.66. The Kier molecular flexibility index (Phi) is 3.22. The van der Waals surface area contributed by atoms with Crippen molar-refractivity contribution in [2.75, 3.05) is 11.4 Å². The Morgan fingerprint density at radius 1 is 1.53 bits per heavy atom. The summed E-state index contributed by atoms with van der Waals surface area (Å²) in [5.74, 6) is 0.706. The van der Waals surface area contributed by atoms with E-state index in [-0.39, 0.29) is 10.6 Å². The van der Waals surface area contributed by atoms with Crippen LogP contribution in [0.4, 0.5) is 10.7 Å². The number of hydrogen-bond donors (Lipinski definition) is 1. The lowest BCUT2D eigenvalue weighted by atomic mass is 10.3. The average molecular weight is 282 g/mol. The first-order chi connectivity index (χ1) is 9.06. The molecule has 0 amide bonds. The van der Waals surface area contributed by atoms with Crippen molar-refractivity contribution in [3.63, 3.8) is 0 Å². The zero-order chi connectivity index (χ0) is 13.6. The fourth-order valence-electron chi connectivity index (χ4n) is 2.29. The molecule has 2 saturated carbocycles. The Balaban J connectivity index is 1.92. The molecule has 0 aromatic carbocycles. The molecule has 0 saturated heterocycles. The zero-order valence-electron chi connectivity index (χ0n) is 10.9. The molecule has 3 rings (SSSR count). The van der Waals surface area contributed by atoms with Gasteiger partial charge in [0.1, 0.15) is 0 Å². The number of nitro groups is 1. The summed E-state index contributed by atoms with van der Waals surface area (Å²) in [6, 6.07) is 2.01. The maximum atomic E-state index is 11.2. The highest BCUT2D eigenvalue weighted by Crippen LogP contribution is 2.46. The van der Waals surface area contributed by atoms with Gasteiger partial charge in [-0.15, -0.1) is 11.3 Å². The summed E-state index contributed by atoms with van der Waals surface area (Å²) in [4.78, 5) is 13.8. The van der Waals surface area contributed by atoms with E-state index in [0.717, 1.165) is 24.4 Å². The van der Waals surface area contributed by atoms with Gasteiger partial charge in [0.2, 0.25) is 0 Å². The van der Waals surface area contributed by atoms with Crippen LogP contribution in [-0.4, -0.2) is 22.6 Å². The van der Waals surface area contributed by atoms with Gasteiger partial charge in [0.05, 0.1) is 11.0 Å². The van der Waals surface area contributed by atoms with Crippen molar-refractivity contribution in [2.24, 2.45) is 5.92 Å². The Bertz CT molecular complexity index is 492. The topological polar surface area (TPSA) is 66.6 Å². The number of hydrogen-bond acceptors (Lipinski definition) is 5. The molecule has 1 N–H and O–H groups in total. The molecule has 1 heterocycles. The van der Waals surface area contributed by atoms with E-state index in [2.05, 4.69) is 4.90 Å². The molecule has 2 aliphatic carbocycles. The predicted octanol–water partition coefficient (Wildman–Crippen LogP) is 3.09. The molecule has 0 unspecified atom stereocenters. The minimum atomic E-state index is -0.639. The number of nitrogens with zero attached hydrogens (tertiary/aromatic N) is 2. The molecule has 1 aromatic heterocycles. The van der Waals surface area contributed by atoms with Crippen LogP contribution in [0.1, 0.15) is 43.6 Å². The van der Waals surface area contributed by atoms with Crippen LogP contribution in [-0.2, 0) is 0 Å². The number of rotatable bonds is 6. The molecule has 2 fully saturated rings. The van der Waals surface area contributed by atoms with Gasteiger partial charge in [-0.2, -0.15) is 0 Å². The molecule has 0 radical (unpaired) electrons. The monoisotopic (exact) mass is 282 g/mol. The third-order valence-electron chi connectivity index (χ3n) is 3.72. The molecule has 1 aromatic rings. The lowest BCUT2D eigenvalue weighted by Crippen LogP contribution is -2.27. The van der Waals surface area contributed by atoms with Crippen molar-refractivity contribution >= 4 is 22.0 Å². The van der Waals surface area contributed by atoms with Gasteiger partial charge in [-0.05, 0) is 38.5 Å². The summed E-state index contributed by atoms with van der Waals surface area (Å²) in [5.41, 5.74) is 0.161. The van der Waals surface area contributed by atoms with Gasteiger partial charge < -0.3 is 10.0 Å². The molecule has 5 nitrogen and oxygen atoms in total. The predicted molar refractivity (Wildman–Crippen MR) is 74.7 cm³/mol. The standard InChI is InChI=1S/C13H18N2O3S/c1-8(16)12-6-11(15(17)18)13(19-12)14(10-4-5-10)7-9-2-3-9/h6,8-10,16H,2-5,7H2,1H3/t8-/m0/s1. The third-order valence-corrected chi connectivity index (χ3v) is 5.05. The van der Waals surface area contributed by atoms with Gasteiger partial charge in [0.15, 0.2) is 5.00 Å². The summed E-state index contributed by atoms with van der Waals surface area (Å²) in [5, 5.41) is 21.6. The molecule has 2 aliphatic rings. The van der Waals surface area contributed by atoms with Crippen LogP contribution in [0.15, 0.2) is 6.07 Å². The van der Waals surface area contributed by atoms with Crippen molar-refractivity contribution < 1.29 is 10.0 Å². The SMILES string of the molecule is C[C@H](O)c1cc([N+](=O)[O-])c(N(CC2CC2)C2CC2)s1. The van der Waals surface area contributed by atoms with Crippen LogP contribution in [0.5, 0.6) is 0 Å². The lowest BCUT2D eigenvalue weighted by molar-refractivity contribution is -0.383. The minimum Gasteiger partial charge on any atom is -0.388 e. The van der Waals surface area contributed by atoms with E-state index >= 15 is 0 Å². The number of anilines is 1. The van der Waals surface area contributed by atoms with Gasteiger partial charge in [-0.3, -0.25) is 10.1 Å². The molecular weight excluding hydrogens is 264 g/mol. The summed E-state index contributed by atoms with van der Waals surface area (Å²) in [6.45, 7) is 2.59. The first-order valence-corrected chi connectivity index (χ1v) is 7.60. The van der Waals surface area contributed by atoms with Crippen molar-refractivity contribution in [2.45, 2.75) is 44.8 Å². The largest absolute Gasteiger partial charge is 0.388 e. The molecule has 0 bridgehead atoms. The van der Waals surface area contributed by atoms with Crippen molar-refractivity contribution in [1.29, 1.82) is 0 Å². The summed E-state index contributed by atoms with van der Waals surface area (Å²) in [6.07, 6.45) is 4.11. The number of thiophene rings is 1. The maximum absolute atomic E-state index is 11.2. The van der Waals surface area contributed by atoms with E-state index < -0.39 is 6.10 Å². The first-order valence-electron chi connectivity index (χ1n) is 6.79. The van der Waals surface area contributed by atoms with Crippen LogP contribution in [0.3, 0.4) is 0 Å². The molecule has 6 heteroatoms. The van der Waals surface area contributed by atoms with Gasteiger partial charge in [-0.25, -0.2) is 0 Å². The molecule has 1 atom stereocenters.